The van der Waals surface area contributed by atoms with Gasteiger partial charge >= 0.3 is 0 Å². The molecule has 0 amide bonds. The predicted octanol–water partition coefficient (Wildman–Crippen LogP) is 2.80. The minimum atomic E-state index is 0.940. The molecular formula is C13H21BrN2. The van der Waals surface area contributed by atoms with E-state index in [1.165, 1.54) is 22.0 Å². The number of nitrogens with zero attached hydrogens (tertiary/aromatic N) is 1. The van der Waals surface area contributed by atoms with Gasteiger partial charge in [-0.25, -0.2) is 0 Å². The van der Waals surface area contributed by atoms with Gasteiger partial charge in [-0.15, -0.1) is 0 Å². The van der Waals surface area contributed by atoms with Crippen molar-refractivity contribution in [3.63, 3.8) is 0 Å². The molecule has 0 aliphatic carbocycles. The van der Waals surface area contributed by atoms with E-state index in [9.17, 15) is 0 Å². The van der Waals surface area contributed by atoms with Crippen molar-refractivity contribution in [2.45, 2.75) is 19.9 Å². The van der Waals surface area contributed by atoms with Crippen molar-refractivity contribution in [1.29, 1.82) is 0 Å². The van der Waals surface area contributed by atoms with Gasteiger partial charge in [-0.1, -0.05) is 34.1 Å². The minimum absolute atomic E-state index is 0.940. The zero-order valence-electron chi connectivity index (χ0n) is 10.4. The van der Waals surface area contributed by atoms with Gasteiger partial charge in [0, 0.05) is 11.0 Å². The number of nitrogens with one attached hydrogen (secondary N) is 1. The second kappa shape index (κ2) is 7.05. The lowest BCUT2D eigenvalue weighted by Crippen LogP contribution is -2.21. The van der Waals surface area contributed by atoms with Crippen LogP contribution in [0.1, 0.15) is 17.5 Å². The summed E-state index contributed by atoms with van der Waals surface area (Å²) in [5, 5.41) is 3.47. The monoisotopic (exact) mass is 284 g/mol. The zero-order valence-corrected chi connectivity index (χ0v) is 12.0. The Labute approximate surface area is 107 Å². The molecule has 1 N–H and O–H groups in total. The van der Waals surface area contributed by atoms with Crippen LogP contribution in [0.2, 0.25) is 0 Å². The summed E-state index contributed by atoms with van der Waals surface area (Å²) < 4.78 is 1.23. The highest BCUT2D eigenvalue weighted by Crippen LogP contribution is 2.20. The number of aryl methyl sites for hydroxylation is 1. The summed E-state index contributed by atoms with van der Waals surface area (Å²) in [6, 6.07) is 6.40. The van der Waals surface area contributed by atoms with Crippen LogP contribution in [-0.4, -0.2) is 32.1 Å². The van der Waals surface area contributed by atoms with E-state index in [1.54, 1.807) is 0 Å². The van der Waals surface area contributed by atoms with Crippen molar-refractivity contribution in [2.24, 2.45) is 0 Å². The van der Waals surface area contributed by atoms with Crippen molar-refractivity contribution < 1.29 is 0 Å². The molecule has 1 aromatic carbocycles. The highest BCUT2D eigenvalue weighted by Gasteiger charge is 2.01. The van der Waals surface area contributed by atoms with E-state index >= 15 is 0 Å². The topological polar surface area (TPSA) is 15.3 Å². The van der Waals surface area contributed by atoms with Crippen LogP contribution in [0.5, 0.6) is 0 Å². The lowest BCUT2D eigenvalue weighted by Gasteiger charge is -2.11. The lowest BCUT2D eigenvalue weighted by molar-refractivity contribution is 0.394. The van der Waals surface area contributed by atoms with Crippen LogP contribution in [0.3, 0.4) is 0 Å². The molecule has 0 aliphatic rings. The largest absolute Gasteiger partial charge is 0.313 e. The molecule has 0 saturated carbocycles. The third-order valence-corrected chi connectivity index (χ3v) is 3.68. The van der Waals surface area contributed by atoms with Gasteiger partial charge in [-0.2, -0.15) is 0 Å². The van der Waals surface area contributed by atoms with Crippen molar-refractivity contribution in [3.05, 3.63) is 33.8 Å². The van der Waals surface area contributed by atoms with E-state index < -0.39 is 0 Å². The molecule has 0 atom stereocenters. The molecule has 16 heavy (non-hydrogen) atoms. The van der Waals surface area contributed by atoms with Crippen LogP contribution in [0.15, 0.2) is 22.7 Å². The van der Waals surface area contributed by atoms with Crippen LogP contribution >= 0.6 is 15.9 Å². The molecule has 0 radical (unpaired) electrons. The Hall–Kier alpha value is -0.380. The molecule has 1 rings (SSSR count). The fourth-order valence-corrected chi connectivity index (χ4v) is 1.99. The average Bonchev–Trinajstić information content (AvgIpc) is 2.23. The molecule has 0 aromatic heterocycles. The summed E-state index contributed by atoms with van der Waals surface area (Å²) in [5.41, 5.74) is 2.64. The average molecular weight is 285 g/mol. The number of rotatable bonds is 6. The standard InChI is InChI=1S/C13H21BrN2/c1-11-6-4-7-12(13(11)14)10-15-8-5-9-16(2)3/h4,6-7,15H,5,8-10H2,1-3H3. The first kappa shape index (κ1) is 13.7. The van der Waals surface area contributed by atoms with E-state index in [0.717, 1.165) is 19.6 Å². The molecule has 0 heterocycles. The molecule has 0 aliphatic heterocycles. The molecule has 90 valence electrons. The van der Waals surface area contributed by atoms with E-state index in [4.69, 9.17) is 0 Å². The molecule has 0 saturated heterocycles. The first-order valence-electron chi connectivity index (χ1n) is 5.70. The van der Waals surface area contributed by atoms with Gasteiger partial charge in [0.25, 0.3) is 0 Å². The second-order valence-electron chi connectivity index (χ2n) is 4.38. The highest BCUT2D eigenvalue weighted by atomic mass is 79.9. The van der Waals surface area contributed by atoms with Crippen molar-refractivity contribution >= 4 is 15.9 Å². The molecule has 0 spiro atoms. The lowest BCUT2D eigenvalue weighted by atomic mass is 10.1. The van der Waals surface area contributed by atoms with Crippen LogP contribution in [0.4, 0.5) is 0 Å². The van der Waals surface area contributed by atoms with Gasteiger partial charge in [-0.05, 0) is 51.7 Å². The SMILES string of the molecule is Cc1cccc(CNCCCN(C)C)c1Br. The van der Waals surface area contributed by atoms with Gasteiger partial charge < -0.3 is 10.2 Å². The fraction of sp³-hybridized carbons (Fsp3) is 0.538. The van der Waals surface area contributed by atoms with Crippen molar-refractivity contribution in [3.8, 4) is 0 Å². The van der Waals surface area contributed by atoms with Crippen LogP contribution in [0.25, 0.3) is 0 Å². The quantitative estimate of drug-likeness (QED) is 0.809. The number of hydrogen-bond acceptors (Lipinski definition) is 2. The maximum atomic E-state index is 3.62. The molecule has 0 bridgehead atoms. The van der Waals surface area contributed by atoms with Crippen LogP contribution in [-0.2, 0) is 6.54 Å². The second-order valence-corrected chi connectivity index (χ2v) is 5.17. The van der Waals surface area contributed by atoms with Gasteiger partial charge in [0.15, 0.2) is 0 Å². The summed E-state index contributed by atoms with van der Waals surface area (Å²) >= 11 is 3.62. The predicted molar refractivity (Wildman–Crippen MR) is 73.8 cm³/mol. The van der Waals surface area contributed by atoms with Gasteiger partial charge in [0.05, 0.1) is 0 Å². The van der Waals surface area contributed by atoms with E-state index in [2.05, 4.69) is 65.4 Å². The summed E-state index contributed by atoms with van der Waals surface area (Å²) in [4.78, 5) is 2.21. The fourth-order valence-electron chi connectivity index (χ4n) is 1.59. The third kappa shape index (κ3) is 4.64. The van der Waals surface area contributed by atoms with Gasteiger partial charge in [0.2, 0.25) is 0 Å². The smallest absolute Gasteiger partial charge is 0.0249 e. The van der Waals surface area contributed by atoms with E-state index in [1.807, 2.05) is 0 Å². The minimum Gasteiger partial charge on any atom is -0.313 e. The molecule has 1 aromatic rings. The first-order chi connectivity index (χ1) is 7.61. The Bertz CT molecular complexity index is 324. The summed E-state index contributed by atoms with van der Waals surface area (Å²) in [6.07, 6.45) is 1.19. The Morgan fingerprint density at radius 2 is 2.06 bits per heavy atom. The first-order valence-corrected chi connectivity index (χ1v) is 6.50. The van der Waals surface area contributed by atoms with Gasteiger partial charge in [0.1, 0.15) is 0 Å². The van der Waals surface area contributed by atoms with Crippen molar-refractivity contribution in [1.82, 2.24) is 10.2 Å². The maximum Gasteiger partial charge on any atom is 0.0249 e. The van der Waals surface area contributed by atoms with Crippen molar-refractivity contribution in [2.75, 3.05) is 27.2 Å². The Kier molecular flexibility index (Phi) is 6.03. The summed E-state index contributed by atoms with van der Waals surface area (Å²) in [7, 11) is 4.22. The number of hydrogen-bond donors (Lipinski definition) is 1. The normalized spacial score (nSPS) is 11.1. The third-order valence-electron chi connectivity index (χ3n) is 2.55. The molecular weight excluding hydrogens is 264 g/mol. The van der Waals surface area contributed by atoms with E-state index in [-0.39, 0.29) is 0 Å². The zero-order chi connectivity index (χ0) is 12.0. The number of benzene rings is 1. The van der Waals surface area contributed by atoms with Crippen LogP contribution in [0, 0.1) is 6.92 Å². The molecule has 2 nitrogen and oxygen atoms in total. The molecule has 0 fully saturated rings. The van der Waals surface area contributed by atoms with E-state index in [0.29, 0.717) is 0 Å². The Morgan fingerprint density at radius 3 is 2.75 bits per heavy atom. The Balaban J connectivity index is 2.29. The highest BCUT2D eigenvalue weighted by molar-refractivity contribution is 9.10. The molecule has 0 unspecified atom stereocenters. The molecule has 3 heteroatoms. The van der Waals surface area contributed by atoms with Gasteiger partial charge in [-0.3, -0.25) is 0 Å². The van der Waals surface area contributed by atoms with Crippen LogP contribution < -0.4 is 5.32 Å². The summed E-state index contributed by atoms with van der Waals surface area (Å²) in [5.74, 6) is 0. The summed E-state index contributed by atoms with van der Waals surface area (Å²) in [6.45, 7) is 5.27. The maximum absolute atomic E-state index is 3.62. The number of halogens is 1. The Morgan fingerprint density at radius 1 is 1.31 bits per heavy atom.